The predicted octanol–water partition coefficient (Wildman–Crippen LogP) is 9.10. The molecule has 0 unspecified atom stereocenters. The Bertz CT molecular complexity index is 1670. The first-order valence-corrected chi connectivity index (χ1v) is 26.7. The van der Waals surface area contributed by atoms with E-state index in [0.717, 1.165) is 42.3 Å². The van der Waals surface area contributed by atoms with Crippen LogP contribution >= 0.6 is 11.8 Å². The largest absolute Gasteiger partial charge is 0.411 e. The Morgan fingerprint density at radius 1 is 0.895 bits per heavy atom. The summed E-state index contributed by atoms with van der Waals surface area (Å²) in [7, 11) is -2.83. The van der Waals surface area contributed by atoms with Crippen LogP contribution in [0.25, 0.3) is 0 Å². The van der Waals surface area contributed by atoms with Crippen molar-refractivity contribution < 1.29 is 32.6 Å². The highest BCUT2D eigenvalue weighted by molar-refractivity contribution is 8.00. The van der Waals surface area contributed by atoms with Gasteiger partial charge in [0.2, 0.25) is 0 Å². The van der Waals surface area contributed by atoms with Crippen LogP contribution in [-0.4, -0.2) is 83.9 Å². The maximum atomic E-state index is 13.6. The van der Waals surface area contributed by atoms with E-state index >= 15 is 0 Å². The Hall–Kier alpha value is -2.39. The first-order valence-electron chi connectivity index (χ1n) is 21.2. The summed E-state index contributed by atoms with van der Waals surface area (Å²) in [4.78, 5) is 13.6. The number of benzene rings is 3. The van der Waals surface area contributed by atoms with Crippen LogP contribution in [0.1, 0.15) is 72.8 Å². The SMILES string of the molecule is CC[Si](CC)(CC)O[C@H](C/C=C\C(=O)C[C@H]1SC[C@@H]2C[C@H]3O[C@H](CO[Si](c4ccccc4)(c4ccccc4)C(C)(C)C)C[C@H]3O[C@]21OC)COCc1ccccc1. The number of carbonyl (C=O) groups is 1. The molecule has 3 aromatic carbocycles. The van der Waals surface area contributed by atoms with Crippen molar-refractivity contribution in [3.05, 3.63) is 109 Å². The van der Waals surface area contributed by atoms with E-state index in [1.807, 2.05) is 24.3 Å². The fourth-order valence-corrected chi connectivity index (χ4v) is 18.6. The molecule has 3 saturated heterocycles. The van der Waals surface area contributed by atoms with E-state index < -0.39 is 22.4 Å². The smallest absolute Gasteiger partial charge is 0.261 e. The monoisotopic (exact) mass is 830 g/mol. The average Bonchev–Trinajstić information content (AvgIpc) is 3.79. The van der Waals surface area contributed by atoms with Gasteiger partial charge in [-0.1, -0.05) is 139 Å². The molecule has 310 valence electrons. The van der Waals surface area contributed by atoms with Crippen LogP contribution in [0.5, 0.6) is 0 Å². The third-order valence-electron chi connectivity index (χ3n) is 12.7. The van der Waals surface area contributed by atoms with Gasteiger partial charge >= 0.3 is 0 Å². The molecule has 0 radical (unpaired) electrons. The zero-order valence-electron chi connectivity index (χ0n) is 35.3. The fraction of sp³-hybridized carbons (Fsp3) is 0.553. The molecular weight excluding hydrogens is 765 g/mol. The second kappa shape index (κ2) is 19.8. The van der Waals surface area contributed by atoms with Gasteiger partial charge in [0.05, 0.1) is 49.5 Å². The van der Waals surface area contributed by atoms with Crippen LogP contribution in [0, 0.1) is 5.92 Å². The first-order chi connectivity index (χ1) is 27.5. The van der Waals surface area contributed by atoms with Crippen LogP contribution in [0.4, 0.5) is 0 Å². The van der Waals surface area contributed by atoms with Gasteiger partial charge in [-0.2, -0.15) is 11.8 Å². The zero-order chi connectivity index (χ0) is 40.5. The molecule has 7 nitrogen and oxygen atoms in total. The third-order valence-corrected chi connectivity index (χ3v) is 23.9. The van der Waals surface area contributed by atoms with Crippen molar-refractivity contribution >= 4 is 44.6 Å². The highest BCUT2D eigenvalue weighted by Crippen LogP contribution is 2.53. The van der Waals surface area contributed by atoms with E-state index in [4.69, 9.17) is 27.8 Å². The second-order valence-electron chi connectivity index (χ2n) is 17.1. The summed E-state index contributed by atoms with van der Waals surface area (Å²) in [5, 5.41) is 2.31. The summed E-state index contributed by atoms with van der Waals surface area (Å²) < 4.78 is 40.4. The minimum Gasteiger partial charge on any atom is -0.411 e. The Balaban J connectivity index is 1.08. The second-order valence-corrected chi connectivity index (χ2v) is 27.4. The Morgan fingerprint density at radius 3 is 2.09 bits per heavy atom. The molecule has 0 aromatic heterocycles. The standard InChI is InChI=1S/C47H66O7SSi2/c1-8-56(9-2,10-3)54-39(33-50-32-36-21-14-11-15-22-36)24-20-23-38(48)30-45-47(49-7)37(35-55-45)29-43-44(53-47)31-40(52-43)34-51-57(46(4,5)6,41-25-16-12-17-26-41)42-27-18-13-19-28-42/h11-23,25-28,37,39-40,43-45H,8-10,24,29-35H2,1-7H3/b23-20-/t37-,39+,40-,43+,44+,45+,47+/m0/s1. The van der Waals surface area contributed by atoms with Gasteiger partial charge in [0.25, 0.3) is 8.32 Å². The molecule has 3 aliphatic heterocycles. The molecule has 57 heavy (non-hydrogen) atoms. The van der Waals surface area contributed by atoms with Gasteiger partial charge in [-0.3, -0.25) is 4.79 Å². The van der Waals surface area contributed by atoms with Gasteiger partial charge < -0.3 is 27.8 Å². The molecule has 7 atom stereocenters. The van der Waals surface area contributed by atoms with Crippen molar-refractivity contribution in [2.45, 2.75) is 132 Å². The van der Waals surface area contributed by atoms with E-state index in [2.05, 4.69) is 114 Å². The third kappa shape index (κ3) is 9.98. The topological polar surface area (TPSA) is 72.5 Å². The van der Waals surface area contributed by atoms with E-state index in [1.54, 1.807) is 24.9 Å². The summed E-state index contributed by atoms with van der Waals surface area (Å²) >= 11 is 1.80. The number of ether oxygens (including phenoxy) is 4. The van der Waals surface area contributed by atoms with E-state index in [-0.39, 0.29) is 46.4 Å². The van der Waals surface area contributed by atoms with Crippen molar-refractivity contribution in [3.8, 4) is 0 Å². The number of allylic oxidation sites excluding steroid dienone is 1. The van der Waals surface area contributed by atoms with Gasteiger partial charge in [-0.25, -0.2) is 0 Å². The maximum absolute atomic E-state index is 13.6. The van der Waals surface area contributed by atoms with Gasteiger partial charge in [0.1, 0.15) is 0 Å². The Labute approximate surface area is 348 Å². The molecule has 0 bridgehead atoms. The molecule has 3 aliphatic rings. The zero-order valence-corrected chi connectivity index (χ0v) is 38.1. The summed E-state index contributed by atoms with van der Waals surface area (Å²) in [5.74, 6) is 0.278. The first kappa shape index (κ1) is 44.2. The average molecular weight is 831 g/mol. The van der Waals surface area contributed by atoms with Gasteiger partial charge in [0.15, 0.2) is 19.9 Å². The molecule has 0 amide bonds. The lowest BCUT2D eigenvalue weighted by Crippen LogP contribution is -2.67. The lowest BCUT2D eigenvalue weighted by molar-refractivity contribution is -0.298. The number of hydrogen-bond donors (Lipinski definition) is 0. The van der Waals surface area contributed by atoms with E-state index in [0.29, 0.717) is 32.7 Å². The predicted molar refractivity (Wildman–Crippen MR) is 237 cm³/mol. The Kier molecular flexibility index (Phi) is 15.3. The molecule has 3 aromatic rings. The summed E-state index contributed by atoms with van der Waals surface area (Å²) in [6.07, 6.45) is 6.01. The van der Waals surface area contributed by atoms with Crippen molar-refractivity contribution in [1.82, 2.24) is 0 Å². The van der Waals surface area contributed by atoms with Crippen molar-refractivity contribution in [2.24, 2.45) is 5.92 Å². The molecule has 3 heterocycles. The molecule has 0 aliphatic carbocycles. The summed E-state index contributed by atoms with van der Waals surface area (Å²) in [6, 6.07) is 35.0. The minimum absolute atomic E-state index is 0.0212. The Morgan fingerprint density at radius 2 is 1.51 bits per heavy atom. The molecule has 0 saturated carbocycles. The summed E-state index contributed by atoms with van der Waals surface area (Å²) in [5.41, 5.74) is 1.14. The number of ketones is 1. The van der Waals surface area contributed by atoms with E-state index in [9.17, 15) is 4.79 Å². The fourth-order valence-electron chi connectivity index (χ4n) is 9.40. The highest BCUT2D eigenvalue weighted by Gasteiger charge is 2.60. The van der Waals surface area contributed by atoms with Crippen LogP contribution in [0.15, 0.2) is 103 Å². The van der Waals surface area contributed by atoms with Crippen LogP contribution in [0.2, 0.25) is 23.2 Å². The number of rotatable bonds is 20. The number of carbonyl (C=O) groups excluding carboxylic acids is 1. The lowest BCUT2D eigenvalue weighted by Gasteiger charge is -2.45. The van der Waals surface area contributed by atoms with Gasteiger partial charge in [0, 0.05) is 31.6 Å². The number of hydrogen-bond acceptors (Lipinski definition) is 8. The number of methoxy groups -OCH3 is 1. The summed E-state index contributed by atoms with van der Waals surface area (Å²) in [6.45, 7) is 15.2. The van der Waals surface area contributed by atoms with Crippen molar-refractivity contribution in [3.63, 3.8) is 0 Å². The van der Waals surface area contributed by atoms with Crippen LogP contribution < -0.4 is 10.4 Å². The molecule has 10 heteroatoms. The molecule has 3 fully saturated rings. The van der Waals surface area contributed by atoms with Gasteiger partial charge in [-0.15, -0.1) is 0 Å². The molecule has 0 N–H and O–H groups in total. The number of thioether (sulfide) groups is 1. The normalized spacial score (nSPS) is 25.7. The minimum atomic E-state index is -2.70. The quantitative estimate of drug-likeness (QED) is 0.0826. The molecular formula is C47H66O7SSi2. The van der Waals surface area contributed by atoms with E-state index in [1.165, 1.54) is 10.4 Å². The van der Waals surface area contributed by atoms with Crippen molar-refractivity contribution in [2.75, 3.05) is 26.1 Å². The highest BCUT2D eigenvalue weighted by atomic mass is 32.2. The lowest BCUT2D eigenvalue weighted by atomic mass is 9.85. The number of fused-ring (bicyclic) bond motifs is 2. The maximum Gasteiger partial charge on any atom is 0.261 e. The molecule has 0 spiro atoms. The van der Waals surface area contributed by atoms with Crippen molar-refractivity contribution in [1.29, 1.82) is 0 Å². The molecule has 6 rings (SSSR count). The van der Waals surface area contributed by atoms with Crippen LogP contribution in [-0.2, 0) is 39.2 Å². The van der Waals surface area contributed by atoms with Crippen LogP contribution in [0.3, 0.4) is 0 Å². The van der Waals surface area contributed by atoms with Gasteiger partial charge in [-0.05, 0) is 58.0 Å².